The lowest BCUT2D eigenvalue weighted by Crippen LogP contribution is -2.10. The third-order valence-corrected chi connectivity index (χ3v) is 3.14. The Balaban J connectivity index is 2.17. The van der Waals surface area contributed by atoms with Crippen molar-refractivity contribution in [2.75, 3.05) is 0 Å². The molecule has 0 amide bonds. The van der Waals surface area contributed by atoms with E-state index in [4.69, 9.17) is 4.74 Å². The van der Waals surface area contributed by atoms with Gasteiger partial charge in [-0.05, 0) is 12.5 Å². The first-order valence-electron chi connectivity index (χ1n) is 7.12. The SMILES string of the molecule is C=CCc1cn(Cc2ccccc2)c(COC(=O)C(=C)C)n1. The van der Waals surface area contributed by atoms with Crippen molar-refractivity contribution in [3.05, 3.63) is 78.4 Å². The Morgan fingerprint density at radius 1 is 1.36 bits per heavy atom. The standard InChI is InChI=1S/C18H20N2O2/c1-4-8-16-12-20(11-15-9-6-5-7-10-15)17(19-16)13-22-18(21)14(2)3/h4-7,9-10,12H,1-2,8,11,13H2,3H3. The summed E-state index contributed by atoms with van der Waals surface area (Å²) in [6.45, 7) is 9.75. The molecular formula is C18H20N2O2. The Labute approximate surface area is 130 Å². The van der Waals surface area contributed by atoms with E-state index >= 15 is 0 Å². The van der Waals surface area contributed by atoms with E-state index in [1.165, 1.54) is 0 Å². The van der Waals surface area contributed by atoms with Crippen molar-refractivity contribution in [2.45, 2.75) is 26.5 Å². The number of carbonyl (C=O) groups excluding carboxylic acids is 1. The average Bonchev–Trinajstić information content (AvgIpc) is 2.88. The van der Waals surface area contributed by atoms with Crippen LogP contribution in [0.5, 0.6) is 0 Å². The monoisotopic (exact) mass is 296 g/mol. The van der Waals surface area contributed by atoms with Crippen LogP contribution in [0.3, 0.4) is 0 Å². The van der Waals surface area contributed by atoms with Gasteiger partial charge in [-0.2, -0.15) is 0 Å². The number of aromatic nitrogens is 2. The van der Waals surface area contributed by atoms with Gasteiger partial charge in [0.05, 0.1) is 5.69 Å². The molecule has 0 saturated carbocycles. The molecule has 1 aromatic heterocycles. The van der Waals surface area contributed by atoms with Crippen LogP contribution >= 0.6 is 0 Å². The van der Waals surface area contributed by atoms with Gasteiger partial charge in [0, 0.05) is 24.7 Å². The number of rotatable bonds is 7. The van der Waals surface area contributed by atoms with Crippen molar-refractivity contribution in [3.8, 4) is 0 Å². The minimum atomic E-state index is -0.403. The summed E-state index contributed by atoms with van der Waals surface area (Å²) in [5.74, 6) is 0.315. The first-order valence-corrected chi connectivity index (χ1v) is 7.12. The van der Waals surface area contributed by atoms with Gasteiger partial charge in [0.25, 0.3) is 0 Å². The molecule has 0 bridgehead atoms. The highest BCUT2D eigenvalue weighted by Gasteiger charge is 2.11. The lowest BCUT2D eigenvalue weighted by atomic mass is 10.2. The molecule has 4 nitrogen and oxygen atoms in total. The van der Waals surface area contributed by atoms with E-state index in [9.17, 15) is 4.79 Å². The second kappa shape index (κ2) is 7.41. The molecule has 114 valence electrons. The van der Waals surface area contributed by atoms with Crippen LogP contribution in [0.2, 0.25) is 0 Å². The predicted octanol–water partition coefficient (Wildman–Crippen LogP) is 3.28. The van der Waals surface area contributed by atoms with E-state index in [-0.39, 0.29) is 6.61 Å². The molecule has 2 rings (SSSR count). The Morgan fingerprint density at radius 3 is 2.73 bits per heavy atom. The highest BCUT2D eigenvalue weighted by Crippen LogP contribution is 2.11. The van der Waals surface area contributed by atoms with Gasteiger partial charge in [-0.25, -0.2) is 9.78 Å². The number of ether oxygens (including phenoxy) is 1. The largest absolute Gasteiger partial charge is 0.454 e. The van der Waals surface area contributed by atoms with E-state index in [1.54, 1.807) is 13.0 Å². The van der Waals surface area contributed by atoms with Gasteiger partial charge in [-0.1, -0.05) is 43.0 Å². The van der Waals surface area contributed by atoms with Crippen LogP contribution < -0.4 is 0 Å². The van der Waals surface area contributed by atoms with Gasteiger partial charge >= 0.3 is 5.97 Å². The number of hydrogen-bond acceptors (Lipinski definition) is 3. The molecule has 1 aromatic carbocycles. The van der Waals surface area contributed by atoms with Crippen LogP contribution in [-0.4, -0.2) is 15.5 Å². The molecule has 0 atom stereocenters. The maximum absolute atomic E-state index is 11.5. The first-order chi connectivity index (χ1) is 10.6. The van der Waals surface area contributed by atoms with Gasteiger partial charge in [-0.15, -0.1) is 6.58 Å². The Kier molecular flexibility index (Phi) is 5.31. The topological polar surface area (TPSA) is 44.1 Å². The molecule has 0 unspecified atom stereocenters. The molecule has 0 aliphatic rings. The van der Waals surface area contributed by atoms with Crippen molar-refractivity contribution in [3.63, 3.8) is 0 Å². The molecule has 4 heteroatoms. The fourth-order valence-corrected chi connectivity index (χ4v) is 2.04. The molecule has 0 spiro atoms. The summed E-state index contributed by atoms with van der Waals surface area (Å²) in [5.41, 5.74) is 2.46. The van der Waals surface area contributed by atoms with Crippen LogP contribution in [0.25, 0.3) is 0 Å². The summed E-state index contributed by atoms with van der Waals surface area (Å²) < 4.78 is 7.21. The summed E-state index contributed by atoms with van der Waals surface area (Å²) in [5, 5.41) is 0. The van der Waals surface area contributed by atoms with E-state index in [2.05, 4.69) is 30.3 Å². The van der Waals surface area contributed by atoms with Crippen molar-refractivity contribution in [1.82, 2.24) is 9.55 Å². The molecule has 0 aliphatic carbocycles. The van der Waals surface area contributed by atoms with E-state index in [1.807, 2.05) is 29.0 Å². The lowest BCUT2D eigenvalue weighted by molar-refractivity contribution is -0.140. The van der Waals surface area contributed by atoms with Gasteiger partial charge in [0.15, 0.2) is 0 Å². The number of hydrogen-bond donors (Lipinski definition) is 0. The molecule has 1 heterocycles. The predicted molar refractivity (Wildman–Crippen MR) is 86.3 cm³/mol. The van der Waals surface area contributed by atoms with E-state index < -0.39 is 5.97 Å². The van der Waals surface area contributed by atoms with Gasteiger partial charge < -0.3 is 9.30 Å². The number of carbonyl (C=O) groups is 1. The van der Waals surface area contributed by atoms with Crippen LogP contribution in [0.1, 0.15) is 24.0 Å². The Morgan fingerprint density at radius 2 is 2.09 bits per heavy atom. The molecule has 0 saturated heterocycles. The Bertz CT molecular complexity index is 672. The minimum absolute atomic E-state index is 0.135. The van der Waals surface area contributed by atoms with Crippen molar-refractivity contribution in [2.24, 2.45) is 0 Å². The molecular weight excluding hydrogens is 276 g/mol. The smallest absolute Gasteiger partial charge is 0.333 e. The highest BCUT2D eigenvalue weighted by molar-refractivity contribution is 5.86. The molecule has 0 fully saturated rings. The van der Waals surface area contributed by atoms with E-state index in [0.29, 0.717) is 18.5 Å². The third kappa shape index (κ3) is 4.19. The minimum Gasteiger partial charge on any atom is -0.454 e. The highest BCUT2D eigenvalue weighted by atomic mass is 16.5. The quantitative estimate of drug-likeness (QED) is 0.447. The Hall–Kier alpha value is -2.62. The normalized spacial score (nSPS) is 10.2. The number of imidazole rings is 1. The zero-order chi connectivity index (χ0) is 15.9. The fraction of sp³-hybridized carbons (Fsp3) is 0.222. The van der Waals surface area contributed by atoms with Crippen LogP contribution in [-0.2, 0) is 29.1 Å². The van der Waals surface area contributed by atoms with Crippen molar-refractivity contribution < 1.29 is 9.53 Å². The fourth-order valence-electron chi connectivity index (χ4n) is 2.04. The van der Waals surface area contributed by atoms with Gasteiger partial charge in [0.1, 0.15) is 12.4 Å². The maximum atomic E-state index is 11.5. The first kappa shape index (κ1) is 15.8. The van der Waals surface area contributed by atoms with E-state index in [0.717, 1.165) is 17.1 Å². The van der Waals surface area contributed by atoms with Gasteiger partial charge in [0.2, 0.25) is 0 Å². The molecule has 2 aromatic rings. The lowest BCUT2D eigenvalue weighted by Gasteiger charge is -2.08. The molecule has 0 aliphatic heterocycles. The number of nitrogens with zero attached hydrogens (tertiary/aromatic N) is 2. The summed E-state index contributed by atoms with van der Waals surface area (Å²) in [7, 11) is 0. The van der Waals surface area contributed by atoms with Crippen molar-refractivity contribution >= 4 is 5.97 Å². The number of esters is 1. The summed E-state index contributed by atoms with van der Waals surface area (Å²) >= 11 is 0. The average molecular weight is 296 g/mol. The second-order valence-corrected chi connectivity index (χ2v) is 5.11. The second-order valence-electron chi connectivity index (χ2n) is 5.11. The zero-order valence-electron chi connectivity index (χ0n) is 12.8. The number of allylic oxidation sites excluding steroid dienone is 1. The summed E-state index contributed by atoms with van der Waals surface area (Å²) in [6, 6.07) is 10.1. The van der Waals surface area contributed by atoms with Gasteiger partial charge in [-0.3, -0.25) is 0 Å². The molecule has 0 radical (unpaired) electrons. The van der Waals surface area contributed by atoms with Crippen molar-refractivity contribution in [1.29, 1.82) is 0 Å². The third-order valence-electron chi connectivity index (χ3n) is 3.14. The summed E-state index contributed by atoms with van der Waals surface area (Å²) in [6.07, 6.45) is 4.46. The van der Waals surface area contributed by atoms with Crippen LogP contribution in [0.15, 0.2) is 61.3 Å². The van der Waals surface area contributed by atoms with Crippen LogP contribution in [0, 0.1) is 0 Å². The molecule has 0 N–H and O–H groups in total. The molecule has 22 heavy (non-hydrogen) atoms. The maximum Gasteiger partial charge on any atom is 0.333 e. The zero-order valence-corrected chi connectivity index (χ0v) is 12.8. The summed E-state index contributed by atoms with van der Waals surface area (Å²) in [4.78, 5) is 16.1. The van der Waals surface area contributed by atoms with Crippen LogP contribution in [0.4, 0.5) is 0 Å². The number of benzene rings is 1.